The number of piperazine rings is 1. The van der Waals surface area contributed by atoms with E-state index in [-0.39, 0.29) is 24.4 Å². The Labute approximate surface area is 118 Å². The van der Waals surface area contributed by atoms with Crippen LogP contribution in [0.2, 0.25) is 0 Å². The second-order valence-electron chi connectivity index (χ2n) is 5.34. The molecule has 0 radical (unpaired) electrons. The molecule has 0 aromatic heterocycles. The highest BCUT2D eigenvalue weighted by Crippen LogP contribution is 2.18. The summed E-state index contributed by atoms with van der Waals surface area (Å²) in [6.45, 7) is 3.10. The van der Waals surface area contributed by atoms with Crippen LogP contribution >= 0.6 is 0 Å². The van der Waals surface area contributed by atoms with Crippen molar-refractivity contribution >= 4 is 11.9 Å². The quantitative estimate of drug-likeness (QED) is 0.904. The molecule has 5 nitrogen and oxygen atoms in total. The van der Waals surface area contributed by atoms with Crippen molar-refractivity contribution in [1.82, 2.24) is 9.80 Å². The van der Waals surface area contributed by atoms with E-state index in [4.69, 9.17) is 5.11 Å². The topological polar surface area (TPSA) is 60.9 Å². The molecular weight excluding hydrogens is 256 g/mol. The van der Waals surface area contributed by atoms with Gasteiger partial charge in [0.15, 0.2) is 0 Å². The summed E-state index contributed by atoms with van der Waals surface area (Å²) in [5.74, 6) is -0.857. The van der Waals surface area contributed by atoms with E-state index in [2.05, 4.69) is 0 Å². The van der Waals surface area contributed by atoms with E-state index in [0.29, 0.717) is 18.7 Å². The van der Waals surface area contributed by atoms with Crippen molar-refractivity contribution in [2.75, 3.05) is 20.1 Å². The Bertz CT molecular complexity index is 489. The minimum absolute atomic E-state index is 0.0269. The highest BCUT2D eigenvalue weighted by atomic mass is 16.4. The molecule has 1 aromatic rings. The Morgan fingerprint density at radius 2 is 1.90 bits per heavy atom. The molecule has 2 rings (SSSR count). The normalized spacial score (nSPS) is 23.6. The maximum absolute atomic E-state index is 12.4. The minimum Gasteiger partial charge on any atom is -0.481 e. The second kappa shape index (κ2) is 6.05. The zero-order chi connectivity index (χ0) is 14.7. The number of nitrogens with zero attached hydrogens (tertiary/aromatic N) is 2. The summed E-state index contributed by atoms with van der Waals surface area (Å²) < 4.78 is 0. The Morgan fingerprint density at radius 3 is 2.50 bits per heavy atom. The van der Waals surface area contributed by atoms with Crippen molar-refractivity contribution in [3.63, 3.8) is 0 Å². The molecule has 0 aliphatic carbocycles. The summed E-state index contributed by atoms with van der Waals surface area (Å²) in [7, 11) is 1.92. The standard InChI is InChI=1S/C15H20N2O3/c1-11-9-17(10-13(16(11)2)8-14(18)19)15(20)12-6-4-3-5-7-12/h3-7,11,13H,8-10H2,1-2H3,(H,18,19)/t11-,13+/m0/s1. The van der Waals surface area contributed by atoms with Crippen LogP contribution in [-0.2, 0) is 4.79 Å². The predicted octanol–water partition coefficient (Wildman–Crippen LogP) is 1.31. The summed E-state index contributed by atoms with van der Waals surface area (Å²) in [4.78, 5) is 27.2. The van der Waals surface area contributed by atoms with Gasteiger partial charge in [0.25, 0.3) is 5.91 Å². The van der Waals surface area contributed by atoms with Crippen molar-refractivity contribution in [3.05, 3.63) is 35.9 Å². The molecule has 0 unspecified atom stereocenters. The molecule has 1 aliphatic rings. The highest BCUT2D eigenvalue weighted by molar-refractivity contribution is 5.94. The molecule has 1 aliphatic heterocycles. The Hall–Kier alpha value is -1.88. The van der Waals surface area contributed by atoms with Crippen molar-refractivity contribution < 1.29 is 14.7 Å². The average Bonchev–Trinajstić information content (AvgIpc) is 2.43. The van der Waals surface area contributed by atoms with Gasteiger partial charge in [0.2, 0.25) is 0 Å². The predicted molar refractivity (Wildman–Crippen MR) is 75.6 cm³/mol. The lowest BCUT2D eigenvalue weighted by molar-refractivity contribution is -0.139. The molecule has 20 heavy (non-hydrogen) atoms. The van der Waals surface area contributed by atoms with Crippen molar-refractivity contribution in [3.8, 4) is 0 Å². The van der Waals surface area contributed by atoms with Gasteiger partial charge in [0.1, 0.15) is 0 Å². The smallest absolute Gasteiger partial charge is 0.305 e. The lowest BCUT2D eigenvalue weighted by atomic mass is 10.0. The third-order valence-electron chi connectivity index (χ3n) is 3.91. The Balaban J connectivity index is 2.12. The summed E-state index contributed by atoms with van der Waals surface area (Å²) in [6.07, 6.45) is 0.0550. The van der Waals surface area contributed by atoms with E-state index in [9.17, 15) is 9.59 Å². The number of benzene rings is 1. The van der Waals surface area contributed by atoms with Crippen LogP contribution in [0.15, 0.2) is 30.3 Å². The Kier molecular flexibility index (Phi) is 4.39. The molecule has 1 fully saturated rings. The first-order valence-corrected chi connectivity index (χ1v) is 6.77. The molecule has 0 saturated carbocycles. The summed E-state index contributed by atoms with van der Waals surface area (Å²) >= 11 is 0. The maximum atomic E-state index is 12.4. The number of rotatable bonds is 3. The summed E-state index contributed by atoms with van der Waals surface area (Å²) in [5, 5.41) is 8.98. The van der Waals surface area contributed by atoms with Gasteiger partial charge < -0.3 is 10.0 Å². The van der Waals surface area contributed by atoms with Gasteiger partial charge in [-0.3, -0.25) is 14.5 Å². The van der Waals surface area contributed by atoms with E-state index >= 15 is 0 Å². The van der Waals surface area contributed by atoms with E-state index in [1.807, 2.05) is 37.1 Å². The third kappa shape index (κ3) is 3.17. The molecule has 1 amide bonds. The first-order valence-electron chi connectivity index (χ1n) is 6.77. The van der Waals surface area contributed by atoms with Crippen molar-refractivity contribution in [2.24, 2.45) is 0 Å². The van der Waals surface area contributed by atoms with Gasteiger partial charge in [0.05, 0.1) is 6.42 Å². The van der Waals surface area contributed by atoms with Gasteiger partial charge in [-0.15, -0.1) is 0 Å². The molecule has 1 N–H and O–H groups in total. The SMILES string of the molecule is C[C@H]1CN(C(=O)c2ccccc2)C[C@@H](CC(=O)O)N1C. The molecule has 1 saturated heterocycles. The van der Waals surface area contributed by atoms with Crippen LogP contribution in [0.3, 0.4) is 0 Å². The number of hydrogen-bond acceptors (Lipinski definition) is 3. The number of carbonyl (C=O) groups is 2. The lowest BCUT2D eigenvalue weighted by Gasteiger charge is -2.43. The van der Waals surface area contributed by atoms with Gasteiger partial charge in [-0.25, -0.2) is 0 Å². The largest absolute Gasteiger partial charge is 0.481 e. The zero-order valence-corrected chi connectivity index (χ0v) is 11.8. The number of carboxylic acids is 1. The summed E-state index contributed by atoms with van der Waals surface area (Å²) in [5.41, 5.74) is 0.651. The highest BCUT2D eigenvalue weighted by Gasteiger charge is 2.33. The molecule has 2 atom stereocenters. The molecule has 1 heterocycles. The second-order valence-corrected chi connectivity index (χ2v) is 5.34. The van der Waals surface area contributed by atoms with Crippen molar-refractivity contribution in [1.29, 1.82) is 0 Å². The van der Waals surface area contributed by atoms with Crippen molar-refractivity contribution in [2.45, 2.75) is 25.4 Å². The number of likely N-dealkylation sites (N-methyl/N-ethyl adjacent to an activating group) is 1. The number of hydrogen-bond donors (Lipinski definition) is 1. The fraction of sp³-hybridized carbons (Fsp3) is 0.467. The first-order chi connectivity index (χ1) is 9.49. The number of amides is 1. The van der Waals surface area contributed by atoms with Gasteiger partial charge in [0, 0.05) is 30.7 Å². The van der Waals surface area contributed by atoms with Gasteiger partial charge in [-0.05, 0) is 26.1 Å². The van der Waals surface area contributed by atoms with Crippen LogP contribution < -0.4 is 0 Å². The van der Waals surface area contributed by atoms with Gasteiger partial charge >= 0.3 is 5.97 Å². The molecular formula is C15H20N2O3. The maximum Gasteiger partial charge on any atom is 0.305 e. The van der Waals surface area contributed by atoms with Crippen LogP contribution in [0.4, 0.5) is 0 Å². The molecule has 108 valence electrons. The van der Waals surface area contributed by atoms with Crippen LogP contribution in [-0.4, -0.2) is 59.0 Å². The summed E-state index contributed by atoms with van der Waals surface area (Å²) in [6, 6.07) is 9.14. The van der Waals surface area contributed by atoms with Crippen LogP contribution in [0.5, 0.6) is 0 Å². The molecule has 1 aromatic carbocycles. The van der Waals surface area contributed by atoms with E-state index in [1.165, 1.54) is 0 Å². The van der Waals surface area contributed by atoms with E-state index in [0.717, 1.165) is 0 Å². The van der Waals surface area contributed by atoms with Crippen LogP contribution in [0.25, 0.3) is 0 Å². The fourth-order valence-corrected chi connectivity index (χ4v) is 2.60. The van der Waals surface area contributed by atoms with Gasteiger partial charge in [-0.2, -0.15) is 0 Å². The molecule has 0 bridgehead atoms. The molecule has 0 spiro atoms. The number of carboxylic acid groups (broad SMARTS) is 1. The fourth-order valence-electron chi connectivity index (χ4n) is 2.60. The zero-order valence-electron chi connectivity index (χ0n) is 11.8. The monoisotopic (exact) mass is 276 g/mol. The van der Waals surface area contributed by atoms with E-state index in [1.54, 1.807) is 17.0 Å². The van der Waals surface area contributed by atoms with E-state index < -0.39 is 5.97 Å². The number of aliphatic carboxylic acids is 1. The molecule has 5 heteroatoms. The third-order valence-corrected chi connectivity index (χ3v) is 3.91. The van der Waals surface area contributed by atoms with Gasteiger partial charge in [-0.1, -0.05) is 18.2 Å². The Morgan fingerprint density at radius 1 is 1.25 bits per heavy atom. The van der Waals surface area contributed by atoms with Crippen LogP contribution in [0, 0.1) is 0 Å². The minimum atomic E-state index is -0.830. The lowest BCUT2D eigenvalue weighted by Crippen LogP contribution is -2.58. The van der Waals surface area contributed by atoms with Crippen LogP contribution in [0.1, 0.15) is 23.7 Å². The first kappa shape index (κ1) is 14.5. The average molecular weight is 276 g/mol. The number of carbonyl (C=O) groups excluding carboxylic acids is 1.